The summed E-state index contributed by atoms with van der Waals surface area (Å²) in [6.45, 7) is 1.84. The largest absolute Gasteiger partial charge is 0.495 e. The summed E-state index contributed by atoms with van der Waals surface area (Å²) in [5, 5.41) is 10.9. The first kappa shape index (κ1) is 22.0. The zero-order chi connectivity index (χ0) is 22.8. The van der Waals surface area contributed by atoms with Gasteiger partial charge in [-0.2, -0.15) is 10.1 Å². The summed E-state index contributed by atoms with van der Waals surface area (Å²) in [5.41, 5.74) is 2.55. The molecule has 2 N–H and O–H groups in total. The average Bonchev–Trinajstić information content (AvgIpc) is 3.26. The van der Waals surface area contributed by atoms with Gasteiger partial charge in [-0.15, -0.1) is 11.8 Å². The third-order valence-corrected chi connectivity index (χ3v) is 6.23. The van der Waals surface area contributed by atoms with Gasteiger partial charge in [-0.1, -0.05) is 23.7 Å². The van der Waals surface area contributed by atoms with Crippen LogP contribution in [0.5, 0.6) is 11.5 Å². The number of benzene rings is 2. The molecule has 0 saturated heterocycles. The van der Waals surface area contributed by atoms with E-state index in [1.807, 2.05) is 37.4 Å². The SMILES string of the molecule is COc1cc(NC(=O)C2=C(C)Nc3ncnn3[C@H]2c2ccc(SC)cc2)c(OC)cc1Cl. The molecule has 166 valence electrons. The van der Waals surface area contributed by atoms with Gasteiger partial charge in [0.15, 0.2) is 0 Å². The van der Waals surface area contributed by atoms with Crippen molar-refractivity contribution in [2.75, 3.05) is 31.1 Å². The van der Waals surface area contributed by atoms with Gasteiger partial charge in [-0.05, 0) is 30.9 Å². The van der Waals surface area contributed by atoms with Crippen LogP contribution >= 0.6 is 23.4 Å². The number of anilines is 2. The van der Waals surface area contributed by atoms with E-state index in [0.29, 0.717) is 39.4 Å². The Hall–Kier alpha value is -3.17. The first-order chi connectivity index (χ1) is 15.5. The Labute approximate surface area is 195 Å². The standard InChI is InChI=1S/C22H22ClN5O3S/c1-12-19(21(29)27-16-10-17(30-2)15(23)9-18(16)31-3)20(28-22(26-12)24-11-25-28)13-5-7-14(32-4)8-6-13/h5-11,20H,1-4H3,(H,27,29)(H,24,25,26)/t20-/m0/s1. The van der Waals surface area contributed by atoms with Crippen LogP contribution in [0.1, 0.15) is 18.5 Å². The zero-order valence-corrected chi connectivity index (χ0v) is 19.5. The lowest BCUT2D eigenvalue weighted by Crippen LogP contribution is -2.31. The molecule has 1 aliphatic rings. The molecule has 0 bridgehead atoms. The number of allylic oxidation sites excluding steroid dienone is 1. The lowest BCUT2D eigenvalue weighted by Gasteiger charge is -2.29. The number of thioether (sulfide) groups is 1. The van der Waals surface area contributed by atoms with Crippen molar-refractivity contribution in [3.8, 4) is 11.5 Å². The fourth-order valence-electron chi connectivity index (χ4n) is 3.63. The number of nitrogens with one attached hydrogen (secondary N) is 2. The number of fused-ring (bicyclic) bond motifs is 1. The normalized spacial score (nSPS) is 15.1. The van der Waals surface area contributed by atoms with E-state index in [9.17, 15) is 4.79 Å². The second kappa shape index (κ2) is 9.13. The third-order valence-electron chi connectivity index (χ3n) is 5.19. The Morgan fingerprint density at radius 1 is 1.19 bits per heavy atom. The smallest absolute Gasteiger partial charge is 0.255 e. The molecule has 8 nitrogen and oxygen atoms in total. The van der Waals surface area contributed by atoms with Crippen LogP contribution in [0.15, 0.2) is 58.9 Å². The van der Waals surface area contributed by atoms with Gasteiger partial charge in [0.2, 0.25) is 5.95 Å². The number of carbonyl (C=O) groups is 1. The Kier molecular flexibility index (Phi) is 6.29. The number of ether oxygens (including phenoxy) is 2. The highest BCUT2D eigenvalue weighted by molar-refractivity contribution is 7.98. The fourth-order valence-corrected chi connectivity index (χ4v) is 4.27. The monoisotopic (exact) mass is 471 g/mol. The zero-order valence-electron chi connectivity index (χ0n) is 18.0. The molecule has 0 spiro atoms. The number of rotatable bonds is 6. The van der Waals surface area contributed by atoms with Crippen molar-refractivity contribution in [3.05, 3.63) is 64.6 Å². The molecule has 32 heavy (non-hydrogen) atoms. The molecule has 1 aromatic heterocycles. The van der Waals surface area contributed by atoms with Crippen LogP contribution in [0.4, 0.5) is 11.6 Å². The van der Waals surface area contributed by atoms with Crippen molar-refractivity contribution in [2.45, 2.75) is 17.9 Å². The van der Waals surface area contributed by atoms with Crippen LogP contribution in [-0.2, 0) is 4.79 Å². The lowest BCUT2D eigenvalue weighted by atomic mass is 9.95. The lowest BCUT2D eigenvalue weighted by molar-refractivity contribution is -0.113. The van der Waals surface area contributed by atoms with Crippen molar-refractivity contribution < 1.29 is 14.3 Å². The molecule has 0 radical (unpaired) electrons. The number of halogens is 1. The third kappa shape index (κ3) is 4.01. The Balaban J connectivity index is 1.75. The van der Waals surface area contributed by atoms with E-state index in [2.05, 4.69) is 20.7 Å². The minimum Gasteiger partial charge on any atom is -0.495 e. The second-order valence-corrected chi connectivity index (χ2v) is 8.30. The highest BCUT2D eigenvalue weighted by atomic mass is 35.5. The van der Waals surface area contributed by atoms with Crippen LogP contribution in [0.2, 0.25) is 5.02 Å². The van der Waals surface area contributed by atoms with Gasteiger partial charge in [0.25, 0.3) is 5.91 Å². The van der Waals surface area contributed by atoms with Crippen molar-refractivity contribution in [2.24, 2.45) is 0 Å². The van der Waals surface area contributed by atoms with Gasteiger partial charge in [0, 0.05) is 22.7 Å². The Morgan fingerprint density at radius 2 is 1.91 bits per heavy atom. The van der Waals surface area contributed by atoms with Crippen LogP contribution in [0.3, 0.4) is 0 Å². The maximum atomic E-state index is 13.6. The molecule has 0 unspecified atom stereocenters. The predicted molar refractivity (Wildman–Crippen MR) is 126 cm³/mol. The van der Waals surface area contributed by atoms with E-state index in [0.717, 1.165) is 10.5 Å². The van der Waals surface area contributed by atoms with E-state index in [-0.39, 0.29) is 5.91 Å². The number of carbonyl (C=O) groups excluding carboxylic acids is 1. The summed E-state index contributed by atoms with van der Waals surface area (Å²) in [6.07, 6.45) is 3.48. The number of amides is 1. The molecule has 3 aromatic rings. The minimum atomic E-state index is -0.454. The first-order valence-electron chi connectivity index (χ1n) is 9.71. The summed E-state index contributed by atoms with van der Waals surface area (Å²) < 4.78 is 12.4. The van der Waals surface area contributed by atoms with Gasteiger partial charge in [-0.25, -0.2) is 4.68 Å². The molecule has 1 amide bonds. The van der Waals surface area contributed by atoms with E-state index < -0.39 is 6.04 Å². The average molecular weight is 472 g/mol. The molecule has 1 aliphatic heterocycles. The maximum absolute atomic E-state index is 13.6. The summed E-state index contributed by atoms with van der Waals surface area (Å²) in [7, 11) is 3.02. The molecule has 0 fully saturated rings. The predicted octanol–water partition coefficient (Wildman–Crippen LogP) is 4.60. The van der Waals surface area contributed by atoms with Crippen LogP contribution in [-0.4, -0.2) is 41.1 Å². The molecule has 2 heterocycles. The van der Waals surface area contributed by atoms with Crippen molar-refractivity contribution in [1.82, 2.24) is 14.8 Å². The van der Waals surface area contributed by atoms with Crippen molar-refractivity contribution in [3.63, 3.8) is 0 Å². The Morgan fingerprint density at radius 3 is 2.56 bits per heavy atom. The van der Waals surface area contributed by atoms with Crippen LogP contribution < -0.4 is 20.1 Å². The summed E-state index contributed by atoms with van der Waals surface area (Å²) >= 11 is 7.86. The number of aromatic nitrogens is 3. The van der Waals surface area contributed by atoms with Gasteiger partial charge < -0.3 is 20.1 Å². The molecule has 0 saturated carbocycles. The number of hydrogen-bond acceptors (Lipinski definition) is 7. The van der Waals surface area contributed by atoms with Gasteiger partial charge in [-0.3, -0.25) is 4.79 Å². The molecule has 0 aliphatic carbocycles. The van der Waals surface area contributed by atoms with Gasteiger partial charge >= 0.3 is 0 Å². The van der Waals surface area contributed by atoms with Gasteiger partial charge in [0.05, 0.1) is 30.5 Å². The van der Waals surface area contributed by atoms with E-state index >= 15 is 0 Å². The van der Waals surface area contributed by atoms with Crippen LogP contribution in [0.25, 0.3) is 0 Å². The van der Waals surface area contributed by atoms with E-state index in [4.69, 9.17) is 21.1 Å². The van der Waals surface area contributed by atoms with Gasteiger partial charge in [0.1, 0.15) is 23.9 Å². The summed E-state index contributed by atoms with van der Waals surface area (Å²) in [5.74, 6) is 1.12. The first-order valence-corrected chi connectivity index (χ1v) is 11.3. The fraction of sp³-hybridized carbons (Fsp3) is 0.227. The molecule has 10 heteroatoms. The second-order valence-electron chi connectivity index (χ2n) is 7.01. The molecule has 2 aromatic carbocycles. The van der Waals surface area contributed by atoms with E-state index in [1.165, 1.54) is 20.5 Å². The summed E-state index contributed by atoms with van der Waals surface area (Å²) in [6, 6.07) is 10.8. The maximum Gasteiger partial charge on any atom is 0.255 e. The van der Waals surface area contributed by atoms with Crippen molar-refractivity contribution >= 4 is 40.9 Å². The number of methoxy groups -OCH3 is 2. The minimum absolute atomic E-state index is 0.308. The molecular formula is C22H22ClN5O3S. The van der Waals surface area contributed by atoms with Crippen molar-refractivity contribution in [1.29, 1.82) is 0 Å². The number of hydrogen-bond donors (Lipinski definition) is 2. The molecule has 4 rings (SSSR count). The Bertz CT molecular complexity index is 1190. The highest BCUT2D eigenvalue weighted by Gasteiger charge is 2.33. The summed E-state index contributed by atoms with van der Waals surface area (Å²) in [4.78, 5) is 19.0. The molecular weight excluding hydrogens is 450 g/mol. The molecule has 1 atom stereocenters. The van der Waals surface area contributed by atoms with E-state index in [1.54, 1.807) is 28.6 Å². The quantitative estimate of drug-likeness (QED) is 0.508. The highest BCUT2D eigenvalue weighted by Crippen LogP contribution is 2.39. The van der Waals surface area contributed by atoms with Crippen LogP contribution in [0, 0.1) is 0 Å². The number of nitrogens with zero attached hydrogens (tertiary/aromatic N) is 3. The topological polar surface area (TPSA) is 90.3 Å².